The van der Waals surface area contributed by atoms with Crippen LogP contribution in [-0.2, 0) is 16.6 Å². The van der Waals surface area contributed by atoms with Gasteiger partial charge < -0.3 is 10.2 Å². The first-order chi connectivity index (χ1) is 9.88. The van der Waals surface area contributed by atoms with E-state index < -0.39 is 10.0 Å². The van der Waals surface area contributed by atoms with Crippen LogP contribution in [0.5, 0.6) is 0 Å². The summed E-state index contributed by atoms with van der Waals surface area (Å²) in [5.74, 6) is 0. The number of nitrogens with zero attached hydrogens (tertiary/aromatic N) is 2. The van der Waals surface area contributed by atoms with E-state index in [0.717, 1.165) is 31.6 Å². The maximum absolute atomic E-state index is 12.3. The molecular weight excluding hydrogens is 290 g/mol. The summed E-state index contributed by atoms with van der Waals surface area (Å²) in [4.78, 5) is 2.08. The fourth-order valence-electron chi connectivity index (χ4n) is 1.94. The van der Waals surface area contributed by atoms with Gasteiger partial charge in [-0.1, -0.05) is 6.92 Å². The number of aromatic amines is 1. The van der Waals surface area contributed by atoms with Gasteiger partial charge in [-0.25, -0.2) is 13.1 Å². The van der Waals surface area contributed by atoms with Crippen molar-refractivity contribution < 1.29 is 8.42 Å². The summed E-state index contributed by atoms with van der Waals surface area (Å²) in [7, 11) is 0.460. The Labute approximate surface area is 127 Å². The molecule has 0 spiro atoms. The van der Waals surface area contributed by atoms with Crippen LogP contribution in [0.25, 0.3) is 0 Å². The molecule has 0 atom stereocenters. The number of nitrogens with one attached hydrogen (secondary N) is 3. The van der Waals surface area contributed by atoms with Crippen molar-refractivity contribution in [1.82, 2.24) is 25.1 Å². The average molecular weight is 317 g/mol. The smallest absolute Gasteiger partial charge is 0.260 e. The number of aromatic nitrogens is 2. The number of hydrogen-bond donors (Lipinski definition) is 3. The first kappa shape index (κ1) is 18.1. The van der Waals surface area contributed by atoms with Gasteiger partial charge in [-0.15, -0.1) is 0 Å². The van der Waals surface area contributed by atoms with Crippen LogP contribution in [-0.4, -0.2) is 57.2 Å². The Morgan fingerprint density at radius 2 is 2.00 bits per heavy atom. The van der Waals surface area contributed by atoms with Crippen LogP contribution in [0.15, 0.2) is 5.03 Å². The van der Waals surface area contributed by atoms with E-state index >= 15 is 0 Å². The summed E-state index contributed by atoms with van der Waals surface area (Å²) < 4.78 is 27.2. The minimum Gasteiger partial charge on any atom is -0.313 e. The molecule has 8 heteroatoms. The van der Waals surface area contributed by atoms with Gasteiger partial charge in [0.25, 0.3) is 10.0 Å². The fourth-order valence-corrected chi connectivity index (χ4v) is 3.20. The molecule has 1 aromatic heterocycles. The van der Waals surface area contributed by atoms with Crippen LogP contribution < -0.4 is 10.0 Å². The summed E-state index contributed by atoms with van der Waals surface area (Å²) >= 11 is 0. The molecule has 0 amide bonds. The number of rotatable bonds is 10. The highest BCUT2D eigenvalue weighted by atomic mass is 32.2. The van der Waals surface area contributed by atoms with Crippen LogP contribution in [0.1, 0.15) is 31.0 Å². The van der Waals surface area contributed by atoms with Gasteiger partial charge in [0.1, 0.15) is 0 Å². The molecular formula is C13H27N5O2S. The number of aryl methyl sites for hydroxylation is 1. The highest BCUT2D eigenvalue weighted by Gasteiger charge is 2.22. The van der Waals surface area contributed by atoms with Crippen LogP contribution in [0.2, 0.25) is 0 Å². The summed E-state index contributed by atoms with van der Waals surface area (Å²) in [6.07, 6.45) is 1.77. The predicted molar refractivity (Wildman–Crippen MR) is 83.7 cm³/mol. The van der Waals surface area contributed by atoms with Gasteiger partial charge in [0, 0.05) is 24.3 Å². The lowest BCUT2D eigenvalue weighted by Crippen LogP contribution is -2.27. The fraction of sp³-hybridized carbons (Fsp3) is 0.769. The lowest BCUT2D eigenvalue weighted by Gasteiger charge is -2.10. The Kier molecular flexibility index (Phi) is 7.30. The lowest BCUT2D eigenvalue weighted by atomic mass is 10.2. The van der Waals surface area contributed by atoms with E-state index in [0.29, 0.717) is 18.7 Å². The molecule has 0 saturated carbocycles. The zero-order valence-corrected chi connectivity index (χ0v) is 14.2. The van der Waals surface area contributed by atoms with Crippen LogP contribution in [0.3, 0.4) is 0 Å². The third-order valence-corrected chi connectivity index (χ3v) is 4.60. The van der Waals surface area contributed by atoms with Crippen LogP contribution in [0.4, 0.5) is 0 Å². The summed E-state index contributed by atoms with van der Waals surface area (Å²) in [5, 5.41) is 9.94. The van der Waals surface area contributed by atoms with Crippen molar-refractivity contribution in [3.05, 3.63) is 11.3 Å². The van der Waals surface area contributed by atoms with Gasteiger partial charge in [0.2, 0.25) is 0 Å². The first-order valence-corrected chi connectivity index (χ1v) is 8.75. The van der Waals surface area contributed by atoms with E-state index in [4.69, 9.17) is 0 Å². The molecule has 3 N–H and O–H groups in total. The highest BCUT2D eigenvalue weighted by molar-refractivity contribution is 7.89. The molecule has 0 radical (unpaired) electrons. The molecule has 0 bridgehead atoms. The lowest BCUT2D eigenvalue weighted by molar-refractivity contribution is 0.394. The molecule has 1 rings (SSSR count). The van der Waals surface area contributed by atoms with E-state index in [-0.39, 0.29) is 5.03 Å². The first-order valence-electron chi connectivity index (χ1n) is 7.27. The second kappa shape index (κ2) is 8.47. The molecule has 0 unspecified atom stereocenters. The molecule has 0 aromatic carbocycles. The van der Waals surface area contributed by atoms with Crippen molar-refractivity contribution in [2.45, 2.75) is 38.3 Å². The topological polar surface area (TPSA) is 90.1 Å². The zero-order valence-electron chi connectivity index (χ0n) is 13.4. The van der Waals surface area contributed by atoms with Gasteiger partial charge in [0.15, 0.2) is 5.03 Å². The van der Waals surface area contributed by atoms with E-state index in [1.54, 1.807) is 0 Å². The second-order valence-corrected chi connectivity index (χ2v) is 7.00. The van der Waals surface area contributed by atoms with Crippen LogP contribution >= 0.6 is 0 Å². The van der Waals surface area contributed by atoms with Crippen molar-refractivity contribution in [3.8, 4) is 0 Å². The highest BCUT2D eigenvalue weighted by Crippen LogP contribution is 2.15. The molecule has 0 saturated heterocycles. The SMILES string of the molecule is CCNCc1c(S(=O)(=O)NCCCCN(C)C)n[nH]c1C. The van der Waals surface area contributed by atoms with Crippen molar-refractivity contribution in [3.63, 3.8) is 0 Å². The van der Waals surface area contributed by atoms with Gasteiger partial charge in [0.05, 0.1) is 0 Å². The van der Waals surface area contributed by atoms with Crippen molar-refractivity contribution in [2.24, 2.45) is 0 Å². The van der Waals surface area contributed by atoms with Gasteiger partial charge >= 0.3 is 0 Å². The molecule has 0 aliphatic rings. The largest absolute Gasteiger partial charge is 0.313 e. The van der Waals surface area contributed by atoms with Crippen molar-refractivity contribution in [2.75, 3.05) is 33.7 Å². The van der Waals surface area contributed by atoms with E-state index in [1.165, 1.54) is 0 Å². The molecule has 7 nitrogen and oxygen atoms in total. The second-order valence-electron chi connectivity index (χ2n) is 5.32. The van der Waals surface area contributed by atoms with E-state index in [1.807, 2.05) is 27.9 Å². The quantitative estimate of drug-likeness (QED) is 0.545. The Bertz CT molecular complexity index is 525. The minimum atomic E-state index is -3.55. The summed E-state index contributed by atoms with van der Waals surface area (Å²) in [5.41, 5.74) is 1.49. The minimum absolute atomic E-state index is 0.105. The Hall–Kier alpha value is -0.960. The monoisotopic (exact) mass is 317 g/mol. The third-order valence-electron chi connectivity index (χ3n) is 3.17. The van der Waals surface area contributed by atoms with Gasteiger partial charge in [-0.05, 0) is 47.0 Å². The van der Waals surface area contributed by atoms with Gasteiger partial charge in [-0.3, -0.25) is 5.10 Å². The molecule has 0 aliphatic heterocycles. The standard InChI is InChI=1S/C13H27N5O2S/c1-5-14-10-12-11(2)16-17-13(12)21(19,20)15-8-6-7-9-18(3)4/h14-15H,5-10H2,1-4H3,(H,16,17). The van der Waals surface area contributed by atoms with E-state index in [2.05, 4.69) is 25.1 Å². The van der Waals surface area contributed by atoms with Crippen LogP contribution in [0, 0.1) is 6.92 Å². The zero-order chi connectivity index (χ0) is 15.9. The Morgan fingerprint density at radius 3 is 2.62 bits per heavy atom. The molecule has 122 valence electrons. The Morgan fingerprint density at radius 1 is 1.29 bits per heavy atom. The Balaban J connectivity index is 2.61. The number of hydrogen-bond acceptors (Lipinski definition) is 5. The summed E-state index contributed by atoms with van der Waals surface area (Å²) in [6.45, 7) is 6.47. The molecule has 21 heavy (non-hydrogen) atoms. The maximum atomic E-state index is 12.3. The summed E-state index contributed by atoms with van der Waals surface area (Å²) in [6, 6.07) is 0. The number of H-pyrrole nitrogens is 1. The molecule has 1 heterocycles. The number of unbranched alkanes of at least 4 members (excludes halogenated alkanes) is 1. The third kappa shape index (κ3) is 5.74. The molecule has 1 aromatic rings. The molecule has 0 fully saturated rings. The molecule has 0 aliphatic carbocycles. The average Bonchev–Trinajstić information content (AvgIpc) is 2.77. The predicted octanol–water partition coefficient (Wildman–Crippen LogP) is 0.448. The number of sulfonamides is 1. The van der Waals surface area contributed by atoms with Crippen molar-refractivity contribution >= 4 is 10.0 Å². The van der Waals surface area contributed by atoms with Crippen molar-refractivity contribution in [1.29, 1.82) is 0 Å². The van der Waals surface area contributed by atoms with Gasteiger partial charge in [-0.2, -0.15) is 5.10 Å². The van der Waals surface area contributed by atoms with E-state index in [9.17, 15) is 8.42 Å². The normalized spacial score (nSPS) is 12.2. The maximum Gasteiger partial charge on any atom is 0.260 e.